The third-order valence-corrected chi connectivity index (χ3v) is 5.31. The molecule has 2 rings (SSSR count). The molecule has 2 aromatic rings. The summed E-state index contributed by atoms with van der Waals surface area (Å²) in [6.07, 6.45) is 3.38. The molecule has 0 aliphatic carbocycles. The Hall–Kier alpha value is -2.72. The van der Waals surface area contributed by atoms with Crippen LogP contribution in [0, 0.1) is 0 Å². The molecule has 0 atom stereocenters. The van der Waals surface area contributed by atoms with Gasteiger partial charge in [0.25, 0.3) is 0 Å². The monoisotopic (exact) mass is 379 g/mol. The molecule has 1 heterocycles. The van der Waals surface area contributed by atoms with Crippen LogP contribution >= 0.6 is 0 Å². The van der Waals surface area contributed by atoms with Crippen LogP contribution in [0.4, 0.5) is 5.69 Å². The quantitative estimate of drug-likeness (QED) is 0.719. The number of carbonyl (C=O) groups excluding carboxylic acids is 2. The van der Waals surface area contributed by atoms with Gasteiger partial charge in [0.2, 0.25) is 21.8 Å². The van der Waals surface area contributed by atoms with Gasteiger partial charge >= 0.3 is 0 Å². The minimum atomic E-state index is -3.81. The number of nitrogens with one attached hydrogen (secondary N) is 2. The molecular formula is C16H21N5O4S. The Morgan fingerprint density at radius 2 is 1.88 bits per heavy atom. The number of amides is 2. The molecule has 0 saturated heterocycles. The van der Waals surface area contributed by atoms with E-state index in [1.165, 1.54) is 38.2 Å². The van der Waals surface area contributed by atoms with Crippen LogP contribution in [0.5, 0.6) is 0 Å². The highest BCUT2D eigenvalue weighted by molar-refractivity contribution is 7.89. The highest BCUT2D eigenvalue weighted by atomic mass is 32.2. The van der Waals surface area contributed by atoms with Crippen LogP contribution in [0.15, 0.2) is 41.6 Å². The van der Waals surface area contributed by atoms with E-state index in [0.717, 1.165) is 9.87 Å². The maximum Gasteiger partial charge on any atom is 0.243 e. The van der Waals surface area contributed by atoms with E-state index in [0.29, 0.717) is 5.69 Å². The molecule has 0 aliphatic heterocycles. The lowest BCUT2D eigenvalue weighted by Gasteiger charge is -2.17. The second-order valence-corrected chi connectivity index (χ2v) is 7.81. The largest absolute Gasteiger partial charge is 0.351 e. The molecule has 2 amide bonds. The van der Waals surface area contributed by atoms with Crippen molar-refractivity contribution in [2.45, 2.75) is 18.4 Å². The Balaban J connectivity index is 1.96. The maximum absolute atomic E-state index is 12.5. The first kappa shape index (κ1) is 19.6. The highest BCUT2D eigenvalue weighted by Gasteiger charge is 2.22. The van der Waals surface area contributed by atoms with Gasteiger partial charge in [0.1, 0.15) is 0 Å². The van der Waals surface area contributed by atoms with Crippen LogP contribution in [-0.2, 0) is 33.2 Å². The molecule has 10 heteroatoms. The number of aryl methyl sites for hydroxylation is 1. The second kappa shape index (κ2) is 8.11. The van der Waals surface area contributed by atoms with Crippen molar-refractivity contribution in [1.82, 2.24) is 19.4 Å². The number of rotatable bonds is 7. The first-order valence-corrected chi connectivity index (χ1v) is 9.20. The van der Waals surface area contributed by atoms with E-state index in [1.54, 1.807) is 24.1 Å². The predicted molar refractivity (Wildman–Crippen MR) is 95.6 cm³/mol. The van der Waals surface area contributed by atoms with Crippen LogP contribution in [0.1, 0.15) is 12.5 Å². The molecule has 0 radical (unpaired) electrons. The molecule has 0 unspecified atom stereocenters. The van der Waals surface area contributed by atoms with E-state index < -0.39 is 15.9 Å². The summed E-state index contributed by atoms with van der Waals surface area (Å²) in [4.78, 5) is 23.0. The van der Waals surface area contributed by atoms with Crippen molar-refractivity contribution in [3.8, 4) is 0 Å². The van der Waals surface area contributed by atoms with E-state index >= 15 is 0 Å². The van der Waals surface area contributed by atoms with Crippen LogP contribution in [0.25, 0.3) is 0 Å². The fraction of sp³-hybridized carbons (Fsp3) is 0.312. The fourth-order valence-corrected chi connectivity index (χ4v) is 3.33. The molecule has 1 aromatic carbocycles. The van der Waals surface area contributed by atoms with Gasteiger partial charge < -0.3 is 10.6 Å². The summed E-state index contributed by atoms with van der Waals surface area (Å²) < 4.78 is 27.6. The van der Waals surface area contributed by atoms with Gasteiger partial charge in [-0.1, -0.05) is 0 Å². The number of benzene rings is 1. The molecule has 0 fully saturated rings. The average molecular weight is 379 g/mol. The van der Waals surface area contributed by atoms with Crippen LogP contribution < -0.4 is 10.6 Å². The molecule has 2 N–H and O–H groups in total. The highest BCUT2D eigenvalue weighted by Crippen LogP contribution is 2.17. The summed E-state index contributed by atoms with van der Waals surface area (Å²) in [5.74, 6) is -0.669. The van der Waals surface area contributed by atoms with Crippen LogP contribution in [-0.4, -0.2) is 47.9 Å². The number of anilines is 1. The lowest BCUT2D eigenvalue weighted by molar-refractivity contribution is -0.121. The normalized spacial score (nSPS) is 11.4. The van der Waals surface area contributed by atoms with Crippen molar-refractivity contribution >= 4 is 27.5 Å². The van der Waals surface area contributed by atoms with Crippen molar-refractivity contribution < 1.29 is 18.0 Å². The fourth-order valence-electron chi connectivity index (χ4n) is 2.20. The zero-order valence-electron chi connectivity index (χ0n) is 14.8. The van der Waals surface area contributed by atoms with Gasteiger partial charge in [-0.3, -0.25) is 14.3 Å². The number of hydrogen-bond donors (Lipinski definition) is 2. The summed E-state index contributed by atoms with van der Waals surface area (Å²) in [7, 11) is -0.714. The van der Waals surface area contributed by atoms with E-state index in [4.69, 9.17) is 0 Å². The number of aromatic nitrogens is 2. The number of carbonyl (C=O) groups is 2. The summed E-state index contributed by atoms with van der Waals surface area (Å²) in [6.45, 7) is 1.32. The molecule has 0 aliphatic rings. The zero-order chi connectivity index (χ0) is 19.3. The van der Waals surface area contributed by atoms with Crippen LogP contribution in [0.3, 0.4) is 0 Å². The smallest absolute Gasteiger partial charge is 0.243 e. The minimum absolute atomic E-state index is 0.0363. The van der Waals surface area contributed by atoms with E-state index in [-0.39, 0.29) is 23.9 Å². The Morgan fingerprint density at radius 3 is 2.42 bits per heavy atom. The Kier molecular flexibility index (Phi) is 6.11. The maximum atomic E-state index is 12.5. The van der Waals surface area contributed by atoms with Gasteiger partial charge in [0.05, 0.1) is 17.6 Å². The number of likely N-dealkylation sites (N-methyl/N-ethyl adjacent to an activating group) is 1. The van der Waals surface area contributed by atoms with Crippen molar-refractivity contribution in [2.24, 2.45) is 7.05 Å². The summed E-state index contributed by atoms with van der Waals surface area (Å²) in [5, 5.41) is 9.20. The van der Waals surface area contributed by atoms with Gasteiger partial charge in [-0.2, -0.15) is 9.40 Å². The van der Waals surface area contributed by atoms with E-state index in [9.17, 15) is 18.0 Å². The van der Waals surface area contributed by atoms with Crippen molar-refractivity contribution in [3.05, 3.63) is 42.2 Å². The average Bonchev–Trinajstić information content (AvgIpc) is 2.98. The van der Waals surface area contributed by atoms with Gasteiger partial charge in [-0.05, 0) is 24.3 Å². The third-order valence-electron chi connectivity index (χ3n) is 3.50. The topological polar surface area (TPSA) is 113 Å². The summed E-state index contributed by atoms with van der Waals surface area (Å²) in [5.41, 5.74) is 1.31. The zero-order valence-corrected chi connectivity index (χ0v) is 15.6. The standard InChI is InChI=1S/C16H21N5O4S/c1-12(22)19-14-4-6-15(7-5-14)26(24,25)21(3)11-16(23)17-8-13-9-18-20(2)10-13/h4-7,9-10H,8,11H2,1-3H3,(H,17,23)(H,19,22). The molecular weight excluding hydrogens is 358 g/mol. The lowest BCUT2D eigenvalue weighted by atomic mass is 10.3. The molecule has 0 spiro atoms. The summed E-state index contributed by atoms with van der Waals surface area (Å²) in [6, 6.07) is 5.74. The Bertz CT molecular complexity index is 890. The first-order chi connectivity index (χ1) is 12.2. The lowest BCUT2D eigenvalue weighted by Crippen LogP contribution is -2.38. The van der Waals surface area contributed by atoms with Crippen LogP contribution in [0.2, 0.25) is 0 Å². The molecule has 0 bridgehead atoms. The second-order valence-electron chi connectivity index (χ2n) is 5.77. The minimum Gasteiger partial charge on any atom is -0.351 e. The van der Waals surface area contributed by atoms with E-state index in [2.05, 4.69) is 15.7 Å². The number of nitrogens with zero attached hydrogens (tertiary/aromatic N) is 3. The first-order valence-electron chi connectivity index (χ1n) is 7.76. The third kappa shape index (κ3) is 5.14. The van der Waals surface area contributed by atoms with Crippen molar-refractivity contribution in [2.75, 3.05) is 18.9 Å². The van der Waals surface area contributed by atoms with Gasteiger partial charge in [-0.25, -0.2) is 8.42 Å². The van der Waals surface area contributed by atoms with Crippen molar-refractivity contribution in [1.29, 1.82) is 0 Å². The molecule has 140 valence electrons. The Morgan fingerprint density at radius 1 is 1.23 bits per heavy atom. The summed E-state index contributed by atoms with van der Waals surface area (Å²) >= 11 is 0. The van der Waals surface area contributed by atoms with Gasteiger partial charge in [0, 0.05) is 45.0 Å². The van der Waals surface area contributed by atoms with Crippen molar-refractivity contribution in [3.63, 3.8) is 0 Å². The molecule has 9 nitrogen and oxygen atoms in total. The molecule has 26 heavy (non-hydrogen) atoms. The number of sulfonamides is 1. The predicted octanol–water partition coefficient (Wildman–Crippen LogP) is 0.315. The van der Waals surface area contributed by atoms with Gasteiger partial charge in [-0.15, -0.1) is 0 Å². The van der Waals surface area contributed by atoms with E-state index in [1.807, 2.05) is 0 Å². The molecule has 0 saturated carbocycles. The number of hydrogen-bond acceptors (Lipinski definition) is 5. The van der Waals surface area contributed by atoms with Gasteiger partial charge in [0.15, 0.2) is 0 Å². The SMILES string of the molecule is CC(=O)Nc1ccc(S(=O)(=O)N(C)CC(=O)NCc2cnn(C)c2)cc1. The molecule has 1 aromatic heterocycles. The Labute approximate surface area is 152 Å².